The van der Waals surface area contributed by atoms with Crippen LogP contribution in [0.15, 0.2) is 24.3 Å². The molecule has 56 valence electrons. The monoisotopic (exact) mass is 147 g/mol. The fourth-order valence-electron chi connectivity index (χ4n) is 0.915. The van der Waals surface area contributed by atoms with Crippen LogP contribution in [0, 0.1) is 18.3 Å². The molecule has 1 atom stereocenters. The van der Waals surface area contributed by atoms with Crippen molar-refractivity contribution in [1.29, 1.82) is 5.26 Å². The molecule has 0 bridgehead atoms. The highest BCUT2D eigenvalue weighted by Crippen LogP contribution is 2.12. The Hall–Kier alpha value is -1.33. The van der Waals surface area contributed by atoms with Crippen LogP contribution < -0.4 is 0 Å². The molecule has 0 amide bonds. The Balaban J connectivity index is 2.98. The van der Waals surface area contributed by atoms with Crippen molar-refractivity contribution in [2.75, 3.05) is 0 Å². The zero-order chi connectivity index (χ0) is 8.27. The van der Waals surface area contributed by atoms with Gasteiger partial charge in [0.25, 0.3) is 0 Å². The molecule has 0 saturated carbocycles. The number of rotatable bonds is 1. The van der Waals surface area contributed by atoms with Crippen molar-refractivity contribution in [2.45, 2.75) is 13.0 Å². The van der Waals surface area contributed by atoms with E-state index in [1.165, 1.54) is 0 Å². The fourth-order valence-corrected chi connectivity index (χ4v) is 0.915. The Morgan fingerprint density at radius 2 is 2.27 bits per heavy atom. The molecule has 11 heavy (non-hydrogen) atoms. The first-order valence-electron chi connectivity index (χ1n) is 3.38. The van der Waals surface area contributed by atoms with E-state index in [4.69, 9.17) is 10.4 Å². The molecular weight excluding hydrogens is 138 g/mol. The molecule has 1 aromatic rings. The molecule has 0 aliphatic carbocycles. The lowest BCUT2D eigenvalue weighted by atomic mass is 10.1. The maximum Gasteiger partial charge on any atom is 0.165 e. The molecule has 1 rings (SSSR count). The summed E-state index contributed by atoms with van der Waals surface area (Å²) in [5.41, 5.74) is 1.71. The van der Waals surface area contributed by atoms with E-state index in [2.05, 4.69) is 0 Å². The molecule has 0 aliphatic rings. The Bertz CT molecular complexity index is 288. The number of hydrogen-bond donors (Lipinski definition) is 1. The summed E-state index contributed by atoms with van der Waals surface area (Å²) in [5, 5.41) is 17.5. The minimum atomic E-state index is -0.991. The van der Waals surface area contributed by atoms with Crippen LogP contribution in [-0.4, -0.2) is 5.11 Å². The maximum atomic E-state index is 9.09. The SMILES string of the molecule is Cc1cccc([C@H](O)C#N)c1. The number of hydrogen-bond acceptors (Lipinski definition) is 2. The molecule has 0 saturated heterocycles. The van der Waals surface area contributed by atoms with Crippen LogP contribution in [0.4, 0.5) is 0 Å². The number of aryl methyl sites for hydroxylation is 1. The van der Waals surface area contributed by atoms with Crippen molar-refractivity contribution < 1.29 is 5.11 Å². The van der Waals surface area contributed by atoms with Gasteiger partial charge in [0.1, 0.15) is 0 Å². The minimum Gasteiger partial charge on any atom is -0.374 e. The summed E-state index contributed by atoms with van der Waals surface area (Å²) < 4.78 is 0. The number of nitriles is 1. The topological polar surface area (TPSA) is 44.0 Å². The zero-order valence-corrected chi connectivity index (χ0v) is 6.28. The van der Waals surface area contributed by atoms with Crippen LogP contribution in [-0.2, 0) is 0 Å². The molecule has 0 heterocycles. The van der Waals surface area contributed by atoms with Crippen molar-refractivity contribution in [3.63, 3.8) is 0 Å². The normalized spacial score (nSPS) is 12.1. The van der Waals surface area contributed by atoms with Crippen molar-refractivity contribution in [3.05, 3.63) is 35.4 Å². The highest BCUT2D eigenvalue weighted by Gasteiger charge is 2.03. The summed E-state index contributed by atoms with van der Waals surface area (Å²) in [7, 11) is 0. The average molecular weight is 147 g/mol. The third kappa shape index (κ3) is 1.79. The van der Waals surface area contributed by atoms with Gasteiger partial charge in [-0.05, 0) is 12.5 Å². The molecule has 0 unspecified atom stereocenters. The van der Waals surface area contributed by atoms with Gasteiger partial charge < -0.3 is 5.11 Å². The fraction of sp³-hybridized carbons (Fsp3) is 0.222. The van der Waals surface area contributed by atoms with E-state index >= 15 is 0 Å². The Morgan fingerprint density at radius 1 is 1.55 bits per heavy atom. The van der Waals surface area contributed by atoms with Crippen LogP contribution in [0.2, 0.25) is 0 Å². The second kappa shape index (κ2) is 3.18. The second-order valence-electron chi connectivity index (χ2n) is 2.45. The molecule has 0 aliphatic heterocycles. The van der Waals surface area contributed by atoms with Crippen molar-refractivity contribution >= 4 is 0 Å². The second-order valence-corrected chi connectivity index (χ2v) is 2.45. The third-order valence-electron chi connectivity index (χ3n) is 1.48. The third-order valence-corrected chi connectivity index (χ3v) is 1.48. The van der Waals surface area contributed by atoms with Gasteiger partial charge in [-0.2, -0.15) is 5.26 Å². The summed E-state index contributed by atoms with van der Waals surface area (Å²) in [6.07, 6.45) is -0.991. The Kier molecular flexibility index (Phi) is 2.25. The van der Waals surface area contributed by atoms with Crippen molar-refractivity contribution in [1.82, 2.24) is 0 Å². The van der Waals surface area contributed by atoms with E-state index in [-0.39, 0.29) is 0 Å². The smallest absolute Gasteiger partial charge is 0.165 e. The molecule has 2 heteroatoms. The highest BCUT2D eigenvalue weighted by molar-refractivity contribution is 5.26. The molecule has 0 aromatic heterocycles. The Labute approximate surface area is 65.7 Å². The number of nitrogens with zero attached hydrogens (tertiary/aromatic N) is 1. The van der Waals surface area contributed by atoms with Crippen LogP contribution in [0.3, 0.4) is 0 Å². The molecular formula is C9H9NO. The maximum absolute atomic E-state index is 9.09. The largest absolute Gasteiger partial charge is 0.374 e. The first-order chi connectivity index (χ1) is 5.24. The van der Waals surface area contributed by atoms with E-state index in [9.17, 15) is 0 Å². The van der Waals surface area contributed by atoms with Gasteiger partial charge >= 0.3 is 0 Å². The Morgan fingerprint density at radius 3 is 2.82 bits per heavy atom. The van der Waals surface area contributed by atoms with E-state index in [1.54, 1.807) is 18.2 Å². The molecule has 1 N–H and O–H groups in total. The number of aliphatic hydroxyl groups is 1. The van der Waals surface area contributed by atoms with Gasteiger partial charge in [-0.1, -0.05) is 29.8 Å². The van der Waals surface area contributed by atoms with Gasteiger partial charge in [-0.15, -0.1) is 0 Å². The van der Waals surface area contributed by atoms with Crippen molar-refractivity contribution in [2.24, 2.45) is 0 Å². The van der Waals surface area contributed by atoms with Crippen LogP contribution in [0.1, 0.15) is 17.2 Å². The molecule has 0 spiro atoms. The first kappa shape index (κ1) is 7.77. The summed E-state index contributed by atoms with van der Waals surface area (Å²) in [6.45, 7) is 1.92. The van der Waals surface area contributed by atoms with E-state index in [0.29, 0.717) is 5.56 Å². The number of benzene rings is 1. The van der Waals surface area contributed by atoms with Crippen LogP contribution in [0.25, 0.3) is 0 Å². The zero-order valence-electron chi connectivity index (χ0n) is 6.28. The van der Waals surface area contributed by atoms with E-state index in [1.807, 2.05) is 19.1 Å². The number of aliphatic hydroxyl groups excluding tert-OH is 1. The molecule has 0 radical (unpaired) electrons. The highest BCUT2D eigenvalue weighted by atomic mass is 16.3. The quantitative estimate of drug-likeness (QED) is 0.612. The van der Waals surface area contributed by atoms with Gasteiger partial charge in [0.05, 0.1) is 6.07 Å². The lowest BCUT2D eigenvalue weighted by molar-refractivity contribution is 0.236. The van der Waals surface area contributed by atoms with Crippen LogP contribution in [0.5, 0.6) is 0 Å². The summed E-state index contributed by atoms with van der Waals surface area (Å²) >= 11 is 0. The predicted molar refractivity (Wildman–Crippen MR) is 41.8 cm³/mol. The lowest BCUT2D eigenvalue weighted by Gasteiger charge is -2.01. The van der Waals surface area contributed by atoms with Crippen molar-refractivity contribution in [3.8, 4) is 6.07 Å². The lowest BCUT2D eigenvalue weighted by Crippen LogP contribution is -1.92. The summed E-state index contributed by atoms with van der Waals surface area (Å²) in [6, 6.07) is 9.05. The molecule has 2 nitrogen and oxygen atoms in total. The molecule has 0 fully saturated rings. The van der Waals surface area contributed by atoms with Gasteiger partial charge in [0.15, 0.2) is 6.10 Å². The predicted octanol–water partition coefficient (Wildman–Crippen LogP) is 1.55. The average Bonchev–Trinajstić information content (AvgIpc) is 2.03. The van der Waals surface area contributed by atoms with Crippen LogP contribution >= 0.6 is 0 Å². The molecule has 1 aromatic carbocycles. The van der Waals surface area contributed by atoms with Gasteiger partial charge in [0, 0.05) is 0 Å². The standard InChI is InChI=1S/C9H9NO/c1-7-3-2-4-8(5-7)9(11)6-10/h2-5,9,11H,1H3/t9-/m1/s1. The van der Waals surface area contributed by atoms with Gasteiger partial charge in [-0.25, -0.2) is 0 Å². The van der Waals surface area contributed by atoms with E-state index in [0.717, 1.165) is 5.56 Å². The van der Waals surface area contributed by atoms with Gasteiger partial charge in [-0.3, -0.25) is 0 Å². The summed E-state index contributed by atoms with van der Waals surface area (Å²) in [5.74, 6) is 0. The minimum absolute atomic E-state index is 0.660. The first-order valence-corrected chi connectivity index (χ1v) is 3.38. The van der Waals surface area contributed by atoms with E-state index < -0.39 is 6.10 Å². The van der Waals surface area contributed by atoms with Gasteiger partial charge in [0.2, 0.25) is 0 Å². The summed E-state index contributed by atoms with van der Waals surface area (Å²) in [4.78, 5) is 0.